The molecule has 1 atom stereocenters. The Hall–Kier alpha value is -2.28. The molecule has 0 amide bonds. The molecule has 1 aliphatic heterocycles. The Balaban J connectivity index is 2.33. The third-order valence-corrected chi connectivity index (χ3v) is 3.94. The summed E-state index contributed by atoms with van der Waals surface area (Å²) < 4.78 is 0. The number of benzene rings is 1. The lowest BCUT2D eigenvalue weighted by atomic mass is 9.90. The Morgan fingerprint density at radius 2 is 2.10 bits per heavy atom. The molecule has 21 heavy (non-hydrogen) atoms. The Labute approximate surface area is 125 Å². The SMILES string of the molecule is CCCCCCN1C(N)=C(C#N)c2ccccc2C1C=O. The number of nitriles is 1. The molecule has 2 rings (SSSR count). The second-order valence-electron chi connectivity index (χ2n) is 5.29. The number of unbranched alkanes of at least 4 members (excludes halogenated alkanes) is 3. The topological polar surface area (TPSA) is 70.1 Å². The van der Waals surface area contributed by atoms with Crippen LogP contribution in [-0.2, 0) is 4.79 Å². The monoisotopic (exact) mass is 283 g/mol. The third-order valence-electron chi connectivity index (χ3n) is 3.94. The van der Waals surface area contributed by atoms with Crippen LogP contribution in [0, 0.1) is 11.3 Å². The molecule has 2 N–H and O–H groups in total. The molecule has 1 aromatic carbocycles. The summed E-state index contributed by atoms with van der Waals surface area (Å²) in [6, 6.07) is 9.30. The minimum atomic E-state index is -0.389. The fourth-order valence-electron chi connectivity index (χ4n) is 2.81. The van der Waals surface area contributed by atoms with Crippen LogP contribution < -0.4 is 5.73 Å². The Kier molecular flexibility index (Phi) is 4.99. The zero-order valence-electron chi connectivity index (χ0n) is 12.4. The van der Waals surface area contributed by atoms with Gasteiger partial charge in [-0.1, -0.05) is 50.5 Å². The maximum atomic E-state index is 11.6. The summed E-state index contributed by atoms with van der Waals surface area (Å²) in [7, 11) is 0. The van der Waals surface area contributed by atoms with E-state index in [2.05, 4.69) is 13.0 Å². The van der Waals surface area contributed by atoms with Crippen molar-refractivity contribution in [2.75, 3.05) is 6.54 Å². The molecule has 0 bridgehead atoms. The third kappa shape index (κ3) is 2.92. The predicted molar refractivity (Wildman–Crippen MR) is 82.8 cm³/mol. The molecule has 1 heterocycles. The van der Waals surface area contributed by atoms with Crippen LogP contribution in [0.4, 0.5) is 0 Å². The Morgan fingerprint density at radius 1 is 1.33 bits per heavy atom. The van der Waals surface area contributed by atoms with Crippen LogP contribution in [0.1, 0.15) is 49.8 Å². The van der Waals surface area contributed by atoms with E-state index in [1.165, 1.54) is 6.42 Å². The van der Waals surface area contributed by atoms with Gasteiger partial charge < -0.3 is 15.4 Å². The molecular formula is C17H21N3O. The van der Waals surface area contributed by atoms with Crippen molar-refractivity contribution in [3.8, 4) is 6.07 Å². The Bertz CT molecular complexity index is 586. The largest absolute Gasteiger partial charge is 0.384 e. The number of hydrogen-bond donors (Lipinski definition) is 1. The standard InChI is InChI=1S/C17H21N3O/c1-2-3-4-7-10-20-16(12-21)14-9-6-5-8-13(14)15(11-18)17(20)19/h5-6,8-9,12,16H,2-4,7,10,19H2,1H3. The average molecular weight is 283 g/mol. The number of aldehydes is 1. The van der Waals surface area contributed by atoms with Crippen LogP contribution in [0.25, 0.3) is 5.57 Å². The van der Waals surface area contributed by atoms with E-state index >= 15 is 0 Å². The van der Waals surface area contributed by atoms with Crippen LogP contribution in [-0.4, -0.2) is 17.7 Å². The van der Waals surface area contributed by atoms with Crippen molar-refractivity contribution in [1.82, 2.24) is 4.90 Å². The average Bonchev–Trinajstić information content (AvgIpc) is 2.51. The molecular weight excluding hydrogens is 262 g/mol. The minimum absolute atomic E-state index is 0.389. The summed E-state index contributed by atoms with van der Waals surface area (Å²) in [5, 5.41) is 9.39. The van der Waals surface area contributed by atoms with E-state index in [9.17, 15) is 10.1 Å². The van der Waals surface area contributed by atoms with Crippen LogP contribution in [0.15, 0.2) is 30.1 Å². The molecule has 0 spiro atoms. The van der Waals surface area contributed by atoms with Crippen molar-refractivity contribution >= 4 is 11.9 Å². The van der Waals surface area contributed by atoms with Gasteiger partial charge in [-0.2, -0.15) is 5.26 Å². The highest BCUT2D eigenvalue weighted by atomic mass is 16.1. The second kappa shape index (κ2) is 6.94. The van der Waals surface area contributed by atoms with Crippen LogP contribution in [0.5, 0.6) is 0 Å². The molecule has 0 aliphatic carbocycles. The summed E-state index contributed by atoms with van der Waals surface area (Å²) in [5.41, 5.74) is 8.27. The molecule has 0 radical (unpaired) electrons. The van der Waals surface area contributed by atoms with Crippen molar-refractivity contribution in [3.63, 3.8) is 0 Å². The van der Waals surface area contributed by atoms with Gasteiger partial charge in [-0.15, -0.1) is 0 Å². The number of nitrogens with zero attached hydrogens (tertiary/aromatic N) is 2. The van der Waals surface area contributed by atoms with Gasteiger partial charge in [-0.05, 0) is 12.0 Å². The zero-order chi connectivity index (χ0) is 15.2. The van der Waals surface area contributed by atoms with Gasteiger partial charge in [0, 0.05) is 12.1 Å². The molecule has 0 saturated heterocycles. The molecule has 1 unspecified atom stereocenters. The summed E-state index contributed by atoms with van der Waals surface area (Å²) in [4.78, 5) is 13.4. The molecule has 4 heteroatoms. The zero-order valence-corrected chi connectivity index (χ0v) is 12.4. The number of nitrogens with two attached hydrogens (primary N) is 1. The van der Waals surface area contributed by atoms with Crippen molar-refractivity contribution in [3.05, 3.63) is 41.2 Å². The van der Waals surface area contributed by atoms with Crippen LogP contribution in [0.2, 0.25) is 0 Å². The van der Waals surface area contributed by atoms with Gasteiger partial charge in [0.2, 0.25) is 0 Å². The van der Waals surface area contributed by atoms with E-state index in [-0.39, 0.29) is 6.04 Å². The lowest BCUT2D eigenvalue weighted by Gasteiger charge is -2.36. The highest BCUT2D eigenvalue weighted by Gasteiger charge is 2.30. The van der Waals surface area contributed by atoms with Crippen LogP contribution >= 0.6 is 0 Å². The normalized spacial score (nSPS) is 17.3. The van der Waals surface area contributed by atoms with Gasteiger partial charge in [-0.25, -0.2) is 0 Å². The van der Waals surface area contributed by atoms with E-state index in [1.54, 1.807) is 0 Å². The highest BCUT2D eigenvalue weighted by Crippen LogP contribution is 2.35. The predicted octanol–water partition coefficient (Wildman–Crippen LogP) is 2.97. The summed E-state index contributed by atoms with van der Waals surface area (Å²) in [5.74, 6) is 0.421. The number of hydrogen-bond acceptors (Lipinski definition) is 4. The minimum Gasteiger partial charge on any atom is -0.384 e. The lowest BCUT2D eigenvalue weighted by Crippen LogP contribution is -2.37. The number of carbonyl (C=O) groups excluding carboxylic acids is 1. The maximum Gasteiger partial charge on any atom is 0.147 e. The van der Waals surface area contributed by atoms with Gasteiger partial charge in [0.25, 0.3) is 0 Å². The molecule has 110 valence electrons. The van der Waals surface area contributed by atoms with Gasteiger partial charge in [0.1, 0.15) is 24.2 Å². The first kappa shape index (κ1) is 15.1. The second-order valence-corrected chi connectivity index (χ2v) is 5.29. The van der Waals surface area contributed by atoms with E-state index in [4.69, 9.17) is 5.73 Å². The van der Waals surface area contributed by atoms with Crippen molar-refractivity contribution < 1.29 is 4.79 Å². The Morgan fingerprint density at radius 3 is 2.76 bits per heavy atom. The number of allylic oxidation sites excluding steroid dienone is 1. The van der Waals surface area contributed by atoms with Gasteiger partial charge in [-0.3, -0.25) is 0 Å². The molecule has 1 aliphatic rings. The highest BCUT2D eigenvalue weighted by molar-refractivity contribution is 5.85. The first-order valence-electron chi connectivity index (χ1n) is 7.45. The van der Waals surface area contributed by atoms with Crippen molar-refractivity contribution in [2.45, 2.75) is 38.6 Å². The van der Waals surface area contributed by atoms with E-state index < -0.39 is 0 Å². The fourth-order valence-corrected chi connectivity index (χ4v) is 2.81. The number of rotatable bonds is 6. The molecule has 4 nitrogen and oxygen atoms in total. The summed E-state index contributed by atoms with van der Waals surface area (Å²) >= 11 is 0. The van der Waals surface area contributed by atoms with E-state index in [0.29, 0.717) is 17.9 Å². The summed E-state index contributed by atoms with van der Waals surface area (Å²) in [6.07, 6.45) is 5.33. The van der Waals surface area contributed by atoms with Gasteiger partial charge in [0.05, 0.1) is 5.57 Å². The molecule has 0 aromatic heterocycles. The van der Waals surface area contributed by atoms with E-state index in [1.807, 2.05) is 29.2 Å². The van der Waals surface area contributed by atoms with Crippen molar-refractivity contribution in [1.29, 1.82) is 5.26 Å². The number of fused-ring (bicyclic) bond motifs is 1. The van der Waals surface area contributed by atoms with Crippen molar-refractivity contribution in [2.24, 2.45) is 5.73 Å². The number of carbonyl (C=O) groups is 1. The molecule has 0 fully saturated rings. The smallest absolute Gasteiger partial charge is 0.147 e. The van der Waals surface area contributed by atoms with E-state index in [0.717, 1.165) is 36.7 Å². The summed E-state index contributed by atoms with van der Waals surface area (Å²) in [6.45, 7) is 2.86. The molecule has 0 saturated carbocycles. The molecule has 1 aromatic rings. The quantitative estimate of drug-likeness (QED) is 0.643. The van der Waals surface area contributed by atoms with Crippen LogP contribution in [0.3, 0.4) is 0 Å². The van der Waals surface area contributed by atoms with Gasteiger partial charge in [0.15, 0.2) is 0 Å². The first-order valence-corrected chi connectivity index (χ1v) is 7.45. The lowest BCUT2D eigenvalue weighted by molar-refractivity contribution is -0.112. The maximum absolute atomic E-state index is 11.6. The first-order chi connectivity index (χ1) is 10.2. The fraction of sp³-hybridized carbons (Fsp3) is 0.412. The van der Waals surface area contributed by atoms with Gasteiger partial charge >= 0.3 is 0 Å².